The predicted molar refractivity (Wildman–Crippen MR) is 84.8 cm³/mol. The third-order valence-electron chi connectivity index (χ3n) is 3.08. The molecule has 0 saturated carbocycles. The van der Waals surface area contributed by atoms with Crippen LogP contribution < -0.4 is 5.73 Å². The second kappa shape index (κ2) is 6.41. The number of carbonyl (C=O) groups excluding carboxylic acids is 1. The van der Waals surface area contributed by atoms with Crippen LogP contribution >= 0.6 is 27.3 Å². The van der Waals surface area contributed by atoms with Gasteiger partial charge in [-0.25, -0.2) is 0 Å². The van der Waals surface area contributed by atoms with Crippen LogP contribution in [0.2, 0.25) is 0 Å². The first kappa shape index (κ1) is 15.1. The van der Waals surface area contributed by atoms with E-state index in [2.05, 4.69) is 26.1 Å². The number of H-pyrrole nitrogens is 1. The van der Waals surface area contributed by atoms with E-state index in [9.17, 15) is 4.79 Å². The highest BCUT2D eigenvalue weighted by atomic mass is 79.9. The number of aromatic nitrogens is 2. The molecule has 0 fully saturated rings. The predicted octanol–water partition coefficient (Wildman–Crippen LogP) is 3.04. The summed E-state index contributed by atoms with van der Waals surface area (Å²) in [5, 5.41) is 6.88. The molecule has 108 valence electrons. The quantitative estimate of drug-likeness (QED) is 0.864. The van der Waals surface area contributed by atoms with Crippen LogP contribution in [0.15, 0.2) is 15.9 Å². The van der Waals surface area contributed by atoms with Crippen LogP contribution in [0.3, 0.4) is 0 Å². The molecule has 2 aromatic heterocycles. The fraction of sp³-hybridized carbons (Fsp3) is 0.385. The first-order valence-electron chi connectivity index (χ1n) is 6.43. The number of amides is 1. The Balaban J connectivity index is 2.18. The highest BCUT2D eigenvalue weighted by molar-refractivity contribution is 9.11. The summed E-state index contributed by atoms with van der Waals surface area (Å²) in [6.45, 7) is 5.10. The number of hydrogen-bond donors (Lipinski definition) is 2. The van der Waals surface area contributed by atoms with Gasteiger partial charge in [0.2, 0.25) is 0 Å². The highest BCUT2D eigenvalue weighted by Crippen LogP contribution is 2.24. The number of nitrogens with zero attached hydrogens (tertiary/aromatic N) is 2. The van der Waals surface area contributed by atoms with Gasteiger partial charge >= 0.3 is 0 Å². The fourth-order valence-corrected chi connectivity index (χ4v) is 3.42. The monoisotopic (exact) mass is 356 g/mol. The van der Waals surface area contributed by atoms with Gasteiger partial charge in [-0.2, -0.15) is 5.10 Å². The van der Waals surface area contributed by atoms with Crippen LogP contribution in [0.5, 0.6) is 0 Å². The molecule has 0 aromatic carbocycles. The fourth-order valence-electron chi connectivity index (χ4n) is 1.92. The molecule has 0 bridgehead atoms. The molecular formula is C13H17BrN4OS. The average Bonchev–Trinajstić information content (AvgIpc) is 3.01. The summed E-state index contributed by atoms with van der Waals surface area (Å²) in [5.74, 6) is -0.134. The lowest BCUT2D eigenvalue weighted by molar-refractivity contribution is 0.0749. The Kier molecular flexibility index (Phi) is 4.82. The number of nitrogens with one attached hydrogen (secondary N) is 1. The molecule has 0 aliphatic carbocycles. The van der Waals surface area contributed by atoms with Gasteiger partial charge in [0.25, 0.3) is 5.91 Å². The van der Waals surface area contributed by atoms with Crippen LogP contribution in [0, 0.1) is 0 Å². The van der Waals surface area contributed by atoms with Crippen LogP contribution in [0.25, 0.3) is 0 Å². The second-order valence-electron chi connectivity index (χ2n) is 4.34. The molecular weight excluding hydrogens is 340 g/mol. The van der Waals surface area contributed by atoms with Crippen molar-refractivity contribution in [3.63, 3.8) is 0 Å². The van der Waals surface area contributed by atoms with Gasteiger partial charge in [-0.3, -0.25) is 9.89 Å². The van der Waals surface area contributed by atoms with E-state index in [4.69, 9.17) is 5.73 Å². The van der Waals surface area contributed by atoms with Crippen molar-refractivity contribution in [2.24, 2.45) is 0 Å². The molecule has 1 amide bonds. The first-order chi connectivity index (χ1) is 9.56. The summed E-state index contributed by atoms with van der Waals surface area (Å²) in [6.07, 6.45) is 0.732. The Hall–Kier alpha value is -1.34. The molecule has 5 nitrogen and oxygen atoms in total. The minimum absolute atomic E-state index is 0.134. The van der Waals surface area contributed by atoms with Gasteiger partial charge < -0.3 is 10.6 Å². The number of hydrogen-bond acceptors (Lipinski definition) is 4. The van der Waals surface area contributed by atoms with Gasteiger partial charge in [0.15, 0.2) is 5.69 Å². The SMILES string of the molecule is CCc1[nH]nc(C(=O)N(CC)Cc2ccc(Br)s2)c1N. The number of thiophene rings is 1. The van der Waals surface area contributed by atoms with E-state index in [0.717, 1.165) is 20.8 Å². The van der Waals surface area contributed by atoms with Gasteiger partial charge in [-0.1, -0.05) is 6.92 Å². The zero-order valence-corrected chi connectivity index (χ0v) is 13.8. The van der Waals surface area contributed by atoms with Gasteiger partial charge in [-0.05, 0) is 41.4 Å². The minimum Gasteiger partial charge on any atom is -0.395 e. The Morgan fingerprint density at radius 1 is 1.50 bits per heavy atom. The molecule has 2 rings (SSSR count). The van der Waals surface area contributed by atoms with E-state index in [-0.39, 0.29) is 5.91 Å². The van der Waals surface area contributed by atoms with Crippen molar-refractivity contribution < 1.29 is 4.79 Å². The lowest BCUT2D eigenvalue weighted by atomic mass is 10.2. The molecule has 7 heteroatoms. The second-order valence-corrected chi connectivity index (χ2v) is 6.89. The maximum atomic E-state index is 12.5. The van der Waals surface area contributed by atoms with Crippen molar-refractivity contribution in [2.45, 2.75) is 26.8 Å². The Morgan fingerprint density at radius 3 is 2.75 bits per heavy atom. The molecule has 2 heterocycles. The van der Waals surface area contributed by atoms with E-state index >= 15 is 0 Å². The molecule has 0 atom stereocenters. The molecule has 3 N–H and O–H groups in total. The number of aryl methyl sites for hydroxylation is 1. The lowest BCUT2D eigenvalue weighted by Crippen LogP contribution is -2.30. The summed E-state index contributed by atoms with van der Waals surface area (Å²) in [7, 11) is 0. The van der Waals surface area contributed by atoms with E-state index in [1.54, 1.807) is 16.2 Å². The third-order valence-corrected chi connectivity index (χ3v) is 4.69. The van der Waals surface area contributed by atoms with Crippen LogP contribution in [0.4, 0.5) is 5.69 Å². The van der Waals surface area contributed by atoms with Crippen LogP contribution in [0.1, 0.15) is 34.9 Å². The number of halogens is 1. The van der Waals surface area contributed by atoms with E-state index < -0.39 is 0 Å². The molecule has 0 radical (unpaired) electrons. The number of aromatic amines is 1. The van der Waals surface area contributed by atoms with Gasteiger partial charge in [0.1, 0.15) is 0 Å². The highest BCUT2D eigenvalue weighted by Gasteiger charge is 2.22. The number of nitrogens with two attached hydrogens (primary N) is 1. The van der Waals surface area contributed by atoms with Crippen LogP contribution in [-0.2, 0) is 13.0 Å². The molecule has 0 unspecified atom stereocenters. The van der Waals surface area contributed by atoms with Crippen LogP contribution in [-0.4, -0.2) is 27.5 Å². The van der Waals surface area contributed by atoms with Crippen molar-refractivity contribution >= 4 is 38.9 Å². The van der Waals surface area contributed by atoms with Crippen molar-refractivity contribution in [1.29, 1.82) is 0 Å². The summed E-state index contributed by atoms with van der Waals surface area (Å²) >= 11 is 5.05. The van der Waals surface area contributed by atoms with E-state index in [1.807, 2.05) is 26.0 Å². The van der Waals surface area contributed by atoms with Crippen molar-refractivity contribution in [1.82, 2.24) is 15.1 Å². The van der Waals surface area contributed by atoms with E-state index in [1.165, 1.54) is 0 Å². The Bertz CT molecular complexity index is 607. The largest absolute Gasteiger partial charge is 0.395 e. The smallest absolute Gasteiger partial charge is 0.276 e. The molecule has 2 aromatic rings. The van der Waals surface area contributed by atoms with Crippen molar-refractivity contribution in [3.05, 3.63) is 32.2 Å². The maximum absolute atomic E-state index is 12.5. The normalized spacial score (nSPS) is 10.8. The molecule has 0 aliphatic heterocycles. The topological polar surface area (TPSA) is 75.0 Å². The summed E-state index contributed by atoms with van der Waals surface area (Å²) in [6, 6.07) is 3.99. The minimum atomic E-state index is -0.134. The summed E-state index contributed by atoms with van der Waals surface area (Å²) < 4.78 is 1.06. The number of anilines is 1. The van der Waals surface area contributed by atoms with Gasteiger partial charge in [-0.15, -0.1) is 11.3 Å². The third kappa shape index (κ3) is 3.04. The zero-order valence-electron chi connectivity index (χ0n) is 11.4. The average molecular weight is 357 g/mol. The summed E-state index contributed by atoms with van der Waals surface area (Å²) in [5.41, 5.74) is 7.55. The molecule has 0 saturated heterocycles. The van der Waals surface area contributed by atoms with Crippen molar-refractivity contribution in [2.75, 3.05) is 12.3 Å². The number of nitrogen functional groups attached to an aromatic ring is 1. The Morgan fingerprint density at radius 2 is 2.25 bits per heavy atom. The summed E-state index contributed by atoms with van der Waals surface area (Å²) in [4.78, 5) is 15.4. The Labute approximate surface area is 130 Å². The van der Waals surface area contributed by atoms with Gasteiger partial charge in [0.05, 0.1) is 21.7 Å². The first-order valence-corrected chi connectivity index (χ1v) is 8.03. The molecule has 0 aliphatic rings. The lowest BCUT2D eigenvalue weighted by Gasteiger charge is -2.19. The number of carbonyl (C=O) groups is 1. The maximum Gasteiger partial charge on any atom is 0.276 e. The zero-order chi connectivity index (χ0) is 14.7. The van der Waals surface area contributed by atoms with Crippen molar-refractivity contribution in [3.8, 4) is 0 Å². The number of rotatable bonds is 5. The standard InChI is InChI=1S/C13H17BrN4OS/c1-3-9-11(15)12(17-16-9)13(19)18(4-2)7-8-5-6-10(14)20-8/h5-6H,3-4,7,15H2,1-2H3,(H,16,17). The van der Waals surface area contributed by atoms with E-state index in [0.29, 0.717) is 24.5 Å². The molecule has 20 heavy (non-hydrogen) atoms. The molecule has 0 spiro atoms. The van der Waals surface area contributed by atoms with Gasteiger partial charge in [0, 0.05) is 11.4 Å².